The average molecular weight is 332 g/mol. The van der Waals surface area contributed by atoms with Crippen molar-refractivity contribution in [3.8, 4) is 0 Å². The lowest BCUT2D eigenvalue weighted by Gasteiger charge is -2.07. The Bertz CT molecular complexity index is 438. The number of nitrogens with one attached hydrogen (secondary N) is 2. The van der Waals surface area contributed by atoms with Gasteiger partial charge in [0, 0.05) is 24.2 Å². The highest BCUT2D eigenvalue weighted by atomic mass is 16.2. The van der Waals surface area contributed by atoms with E-state index in [0.29, 0.717) is 24.2 Å². The fourth-order valence-corrected chi connectivity index (χ4v) is 2.48. The van der Waals surface area contributed by atoms with Crippen LogP contribution in [0.15, 0.2) is 24.3 Å². The molecule has 0 bridgehead atoms. The Kier molecular flexibility index (Phi) is 10.6. The summed E-state index contributed by atoms with van der Waals surface area (Å²) in [5.74, 6) is -0.143. The molecule has 0 saturated heterocycles. The molecule has 0 saturated carbocycles. The van der Waals surface area contributed by atoms with Gasteiger partial charge in [0.2, 0.25) is 0 Å². The van der Waals surface area contributed by atoms with Crippen LogP contribution in [-0.4, -0.2) is 24.9 Å². The van der Waals surface area contributed by atoms with Crippen molar-refractivity contribution in [1.29, 1.82) is 0 Å². The van der Waals surface area contributed by atoms with Crippen LogP contribution in [0.5, 0.6) is 0 Å². The zero-order valence-corrected chi connectivity index (χ0v) is 15.2. The van der Waals surface area contributed by atoms with Gasteiger partial charge in [-0.3, -0.25) is 9.59 Å². The topological polar surface area (TPSA) is 58.2 Å². The molecule has 24 heavy (non-hydrogen) atoms. The molecule has 0 aliphatic heterocycles. The zero-order valence-electron chi connectivity index (χ0n) is 15.2. The summed E-state index contributed by atoms with van der Waals surface area (Å²) in [5.41, 5.74) is 1.20. The fourth-order valence-electron chi connectivity index (χ4n) is 2.48. The number of amides is 2. The van der Waals surface area contributed by atoms with Gasteiger partial charge in [-0.05, 0) is 37.1 Å². The molecule has 0 spiro atoms. The Morgan fingerprint density at radius 1 is 0.667 bits per heavy atom. The lowest BCUT2D eigenvalue weighted by molar-refractivity contribution is 0.0941. The smallest absolute Gasteiger partial charge is 0.251 e. The predicted molar refractivity (Wildman–Crippen MR) is 99.4 cm³/mol. The van der Waals surface area contributed by atoms with Crippen LogP contribution in [0.25, 0.3) is 0 Å². The average Bonchev–Trinajstić information content (AvgIpc) is 2.61. The molecule has 134 valence electrons. The van der Waals surface area contributed by atoms with Crippen LogP contribution in [0.3, 0.4) is 0 Å². The predicted octanol–water partition coefficient (Wildman–Crippen LogP) is 4.31. The summed E-state index contributed by atoms with van der Waals surface area (Å²) in [6.07, 6.45) is 9.11. The standard InChI is InChI=1S/C20H32N2O2/c1-3-5-7-9-15-21-19(23)17-11-13-18(14-12-17)20(24)22-16-10-8-6-4-2/h11-14H,3-10,15-16H2,1-2H3,(H,21,23)(H,22,24). The molecule has 1 aromatic rings. The number of hydrogen-bond donors (Lipinski definition) is 2. The molecular weight excluding hydrogens is 300 g/mol. The van der Waals surface area contributed by atoms with Crippen LogP contribution in [0, 0.1) is 0 Å². The van der Waals surface area contributed by atoms with Crippen LogP contribution < -0.4 is 10.6 Å². The molecule has 2 N–H and O–H groups in total. The Hall–Kier alpha value is -1.84. The highest BCUT2D eigenvalue weighted by Crippen LogP contribution is 2.05. The second-order valence-electron chi connectivity index (χ2n) is 6.21. The maximum atomic E-state index is 12.0. The molecular formula is C20H32N2O2. The molecule has 0 aliphatic rings. The van der Waals surface area contributed by atoms with E-state index in [1.54, 1.807) is 24.3 Å². The molecule has 4 nitrogen and oxygen atoms in total. The van der Waals surface area contributed by atoms with E-state index in [4.69, 9.17) is 0 Å². The van der Waals surface area contributed by atoms with Crippen LogP contribution in [0.2, 0.25) is 0 Å². The summed E-state index contributed by atoms with van der Waals surface area (Å²) in [6, 6.07) is 6.86. The molecule has 0 atom stereocenters. The van der Waals surface area contributed by atoms with Crippen molar-refractivity contribution in [3.63, 3.8) is 0 Å². The van der Waals surface area contributed by atoms with Crippen molar-refractivity contribution >= 4 is 11.8 Å². The first kappa shape index (κ1) is 20.2. The van der Waals surface area contributed by atoms with E-state index in [2.05, 4.69) is 24.5 Å². The maximum absolute atomic E-state index is 12.0. The molecule has 0 unspecified atom stereocenters. The summed E-state index contributed by atoms with van der Waals surface area (Å²) >= 11 is 0. The number of carbonyl (C=O) groups is 2. The van der Waals surface area contributed by atoms with Crippen LogP contribution in [0.4, 0.5) is 0 Å². The molecule has 1 rings (SSSR count). The van der Waals surface area contributed by atoms with Crippen LogP contribution in [-0.2, 0) is 0 Å². The number of unbranched alkanes of at least 4 members (excludes halogenated alkanes) is 6. The highest BCUT2D eigenvalue weighted by molar-refractivity contribution is 5.97. The maximum Gasteiger partial charge on any atom is 0.251 e. The fraction of sp³-hybridized carbons (Fsp3) is 0.600. The lowest BCUT2D eigenvalue weighted by Crippen LogP contribution is -2.26. The van der Waals surface area contributed by atoms with Crippen LogP contribution >= 0.6 is 0 Å². The Balaban J connectivity index is 2.33. The van der Waals surface area contributed by atoms with E-state index in [1.807, 2.05) is 0 Å². The van der Waals surface area contributed by atoms with Crippen LogP contribution in [0.1, 0.15) is 85.9 Å². The SMILES string of the molecule is CCCCCCNC(=O)c1ccc(C(=O)NCCCCCC)cc1. The first-order chi connectivity index (χ1) is 11.7. The van der Waals surface area contributed by atoms with E-state index < -0.39 is 0 Å². The number of hydrogen-bond acceptors (Lipinski definition) is 2. The van der Waals surface area contributed by atoms with E-state index >= 15 is 0 Å². The normalized spacial score (nSPS) is 10.4. The molecule has 0 heterocycles. The van der Waals surface area contributed by atoms with E-state index in [-0.39, 0.29) is 11.8 Å². The molecule has 4 heteroatoms. The second-order valence-corrected chi connectivity index (χ2v) is 6.21. The van der Waals surface area contributed by atoms with Gasteiger partial charge in [0.15, 0.2) is 0 Å². The van der Waals surface area contributed by atoms with Gasteiger partial charge in [-0.15, -0.1) is 0 Å². The summed E-state index contributed by atoms with van der Waals surface area (Å²) in [5, 5.41) is 5.84. The lowest BCUT2D eigenvalue weighted by atomic mass is 10.1. The first-order valence-corrected chi connectivity index (χ1v) is 9.35. The van der Waals surface area contributed by atoms with Gasteiger partial charge >= 0.3 is 0 Å². The molecule has 2 amide bonds. The van der Waals surface area contributed by atoms with Crippen molar-refractivity contribution < 1.29 is 9.59 Å². The Morgan fingerprint density at radius 2 is 1.04 bits per heavy atom. The summed E-state index contributed by atoms with van der Waals surface area (Å²) < 4.78 is 0. The van der Waals surface area contributed by atoms with Gasteiger partial charge in [-0.1, -0.05) is 52.4 Å². The molecule has 0 aliphatic carbocycles. The molecule has 1 aromatic carbocycles. The minimum atomic E-state index is -0.0713. The summed E-state index contributed by atoms with van der Waals surface area (Å²) in [7, 11) is 0. The largest absolute Gasteiger partial charge is 0.352 e. The van der Waals surface area contributed by atoms with Crippen molar-refractivity contribution in [3.05, 3.63) is 35.4 Å². The van der Waals surface area contributed by atoms with E-state index in [0.717, 1.165) is 25.7 Å². The van der Waals surface area contributed by atoms with Crippen molar-refractivity contribution in [2.24, 2.45) is 0 Å². The summed E-state index contributed by atoms with van der Waals surface area (Å²) in [4.78, 5) is 24.0. The summed E-state index contributed by atoms with van der Waals surface area (Å²) in [6.45, 7) is 5.75. The third-order valence-electron chi connectivity index (χ3n) is 4.04. The Labute approximate surface area is 146 Å². The molecule has 0 radical (unpaired) electrons. The zero-order chi connectivity index (χ0) is 17.6. The minimum Gasteiger partial charge on any atom is -0.352 e. The van der Waals surface area contributed by atoms with Gasteiger partial charge in [0.05, 0.1) is 0 Å². The number of carbonyl (C=O) groups excluding carboxylic acids is 2. The van der Waals surface area contributed by atoms with E-state index in [9.17, 15) is 9.59 Å². The monoisotopic (exact) mass is 332 g/mol. The van der Waals surface area contributed by atoms with Gasteiger partial charge in [-0.2, -0.15) is 0 Å². The third kappa shape index (κ3) is 8.14. The number of benzene rings is 1. The third-order valence-corrected chi connectivity index (χ3v) is 4.04. The van der Waals surface area contributed by atoms with Gasteiger partial charge in [0.25, 0.3) is 11.8 Å². The van der Waals surface area contributed by atoms with Gasteiger partial charge < -0.3 is 10.6 Å². The van der Waals surface area contributed by atoms with Gasteiger partial charge in [-0.25, -0.2) is 0 Å². The highest BCUT2D eigenvalue weighted by Gasteiger charge is 2.08. The first-order valence-electron chi connectivity index (χ1n) is 9.35. The Morgan fingerprint density at radius 3 is 1.38 bits per heavy atom. The van der Waals surface area contributed by atoms with E-state index in [1.165, 1.54) is 25.7 Å². The molecule has 0 aromatic heterocycles. The number of rotatable bonds is 12. The second kappa shape index (κ2) is 12.6. The molecule has 0 fully saturated rings. The quantitative estimate of drug-likeness (QED) is 0.560. The minimum absolute atomic E-state index is 0.0713. The van der Waals surface area contributed by atoms with Gasteiger partial charge in [0.1, 0.15) is 0 Å². The van der Waals surface area contributed by atoms with Crippen molar-refractivity contribution in [1.82, 2.24) is 10.6 Å². The van der Waals surface area contributed by atoms with Crippen molar-refractivity contribution in [2.45, 2.75) is 65.2 Å². The van der Waals surface area contributed by atoms with Crippen molar-refractivity contribution in [2.75, 3.05) is 13.1 Å².